The Hall–Kier alpha value is -1.31. The average Bonchev–Trinajstić information content (AvgIpc) is 3.08. The Morgan fingerprint density at radius 3 is 2.52 bits per heavy atom. The molecule has 0 spiro atoms. The van der Waals surface area contributed by atoms with Gasteiger partial charge in [-0.2, -0.15) is 0 Å². The van der Waals surface area contributed by atoms with E-state index in [1.165, 1.54) is 23.1 Å². The molecule has 8 heteroatoms. The maximum atomic E-state index is 13.1. The first-order valence-electron chi connectivity index (χ1n) is 9.23. The minimum atomic E-state index is 0.0477. The zero-order valence-corrected chi connectivity index (χ0v) is 19.8. The van der Waals surface area contributed by atoms with Crippen LogP contribution in [-0.4, -0.2) is 48.7 Å². The summed E-state index contributed by atoms with van der Waals surface area (Å²) in [7, 11) is 4.07. The number of aryl methyl sites for hydroxylation is 1. The molecule has 0 saturated carbocycles. The summed E-state index contributed by atoms with van der Waals surface area (Å²) in [4.78, 5) is 22.8. The van der Waals surface area contributed by atoms with Gasteiger partial charge in [0, 0.05) is 21.5 Å². The summed E-state index contributed by atoms with van der Waals surface area (Å²) in [6.45, 7) is 3.53. The van der Waals surface area contributed by atoms with Gasteiger partial charge in [0.15, 0.2) is 5.13 Å². The number of carbonyl (C=O) groups excluding carboxylic acids is 1. The van der Waals surface area contributed by atoms with E-state index in [-0.39, 0.29) is 5.91 Å². The number of rotatable bonds is 8. The van der Waals surface area contributed by atoms with E-state index in [4.69, 9.17) is 28.2 Å². The lowest BCUT2D eigenvalue weighted by Crippen LogP contribution is -2.34. The quantitative estimate of drug-likeness (QED) is 0.381. The molecular formula is C21H23Cl2N3OS2. The van der Waals surface area contributed by atoms with Crippen LogP contribution in [0.3, 0.4) is 0 Å². The molecule has 3 rings (SSSR count). The molecule has 0 fully saturated rings. The van der Waals surface area contributed by atoms with E-state index < -0.39 is 0 Å². The van der Waals surface area contributed by atoms with E-state index in [0.717, 1.165) is 38.8 Å². The van der Waals surface area contributed by atoms with Crippen LogP contribution in [0.5, 0.6) is 0 Å². The molecular weight excluding hydrogens is 445 g/mol. The summed E-state index contributed by atoms with van der Waals surface area (Å²) in [6.07, 6.45) is 0.875. The van der Waals surface area contributed by atoms with Gasteiger partial charge in [-0.15, -0.1) is 11.8 Å². The van der Waals surface area contributed by atoms with Crippen LogP contribution in [0.15, 0.2) is 41.3 Å². The monoisotopic (exact) mass is 467 g/mol. The van der Waals surface area contributed by atoms with Gasteiger partial charge in [0.1, 0.15) is 0 Å². The molecule has 154 valence electrons. The Morgan fingerprint density at radius 2 is 1.83 bits per heavy atom. The first-order chi connectivity index (χ1) is 13.8. The van der Waals surface area contributed by atoms with Crippen molar-refractivity contribution in [2.45, 2.75) is 18.2 Å². The maximum absolute atomic E-state index is 13.1. The van der Waals surface area contributed by atoms with Crippen molar-refractivity contribution in [3.05, 3.63) is 52.0 Å². The lowest BCUT2D eigenvalue weighted by molar-refractivity contribution is -0.116. The summed E-state index contributed by atoms with van der Waals surface area (Å²) < 4.78 is 1.00. The number of hydrogen-bond acceptors (Lipinski definition) is 5. The summed E-state index contributed by atoms with van der Waals surface area (Å²) in [5.41, 5.74) is 1.93. The van der Waals surface area contributed by atoms with E-state index in [1.807, 2.05) is 62.3 Å². The van der Waals surface area contributed by atoms with Crippen LogP contribution in [0.25, 0.3) is 10.2 Å². The number of aromatic nitrogens is 1. The number of carbonyl (C=O) groups is 1. The predicted molar refractivity (Wildman–Crippen MR) is 127 cm³/mol. The predicted octanol–water partition coefficient (Wildman–Crippen LogP) is 5.99. The minimum Gasteiger partial charge on any atom is -0.309 e. The molecule has 0 aliphatic carbocycles. The van der Waals surface area contributed by atoms with E-state index >= 15 is 0 Å². The zero-order valence-electron chi connectivity index (χ0n) is 16.6. The SMILES string of the molecule is Cc1cc(Cl)cc2sc(N(CCCN(C)C)C(=O)CSc3ccc(Cl)cc3)nc12. The first kappa shape index (κ1) is 22.4. The van der Waals surface area contributed by atoms with E-state index in [0.29, 0.717) is 22.3 Å². The molecule has 1 heterocycles. The maximum Gasteiger partial charge on any atom is 0.239 e. The molecule has 0 aliphatic rings. The van der Waals surface area contributed by atoms with Crippen molar-refractivity contribution < 1.29 is 4.79 Å². The minimum absolute atomic E-state index is 0.0477. The Balaban J connectivity index is 1.80. The van der Waals surface area contributed by atoms with Crippen molar-refractivity contribution in [2.75, 3.05) is 37.8 Å². The van der Waals surface area contributed by atoms with Crippen LogP contribution >= 0.6 is 46.3 Å². The number of thiazole rings is 1. The highest BCUT2D eigenvalue weighted by atomic mass is 35.5. The largest absolute Gasteiger partial charge is 0.309 e. The van der Waals surface area contributed by atoms with Crippen molar-refractivity contribution in [3.8, 4) is 0 Å². The fraction of sp³-hybridized carbons (Fsp3) is 0.333. The number of anilines is 1. The molecule has 0 saturated heterocycles. The topological polar surface area (TPSA) is 36.4 Å². The van der Waals surface area contributed by atoms with E-state index in [1.54, 1.807) is 0 Å². The standard InChI is InChI=1S/C21H23Cl2N3OS2/c1-14-11-16(23)12-18-20(14)24-21(29-18)26(10-4-9-25(2)3)19(27)13-28-17-7-5-15(22)6-8-17/h5-8,11-12H,4,9-10,13H2,1-3H3. The normalized spacial score (nSPS) is 11.4. The number of nitrogens with zero attached hydrogens (tertiary/aromatic N) is 3. The molecule has 1 amide bonds. The summed E-state index contributed by atoms with van der Waals surface area (Å²) in [5, 5.41) is 2.11. The second kappa shape index (κ2) is 10.1. The Labute approximate surface area is 189 Å². The highest BCUT2D eigenvalue weighted by Crippen LogP contribution is 2.33. The average molecular weight is 468 g/mol. The van der Waals surface area contributed by atoms with Crippen LogP contribution in [0.2, 0.25) is 10.0 Å². The fourth-order valence-corrected chi connectivity index (χ4v) is 5.25. The number of benzene rings is 2. The molecule has 1 aromatic heterocycles. The molecule has 0 radical (unpaired) electrons. The Bertz CT molecular complexity index is 990. The van der Waals surface area contributed by atoms with Crippen molar-refractivity contribution in [1.29, 1.82) is 0 Å². The summed E-state index contributed by atoms with van der Waals surface area (Å²) >= 11 is 15.2. The van der Waals surface area contributed by atoms with Crippen LogP contribution in [-0.2, 0) is 4.79 Å². The first-order valence-corrected chi connectivity index (χ1v) is 11.8. The van der Waals surface area contributed by atoms with Gasteiger partial charge in [-0.05, 0) is 75.9 Å². The molecule has 29 heavy (non-hydrogen) atoms. The van der Waals surface area contributed by atoms with Gasteiger partial charge in [0.05, 0.1) is 16.0 Å². The van der Waals surface area contributed by atoms with E-state index in [2.05, 4.69) is 4.90 Å². The molecule has 0 unspecified atom stereocenters. The fourth-order valence-electron chi connectivity index (χ4n) is 2.88. The summed E-state index contributed by atoms with van der Waals surface area (Å²) in [5.74, 6) is 0.394. The number of amides is 1. The third-order valence-electron chi connectivity index (χ3n) is 4.33. The van der Waals surface area contributed by atoms with E-state index in [9.17, 15) is 4.79 Å². The number of hydrogen-bond donors (Lipinski definition) is 0. The Morgan fingerprint density at radius 1 is 1.10 bits per heavy atom. The summed E-state index contributed by atoms with van der Waals surface area (Å²) in [6, 6.07) is 11.4. The van der Waals surface area contributed by atoms with Crippen LogP contribution in [0, 0.1) is 6.92 Å². The van der Waals surface area contributed by atoms with Gasteiger partial charge >= 0.3 is 0 Å². The lowest BCUT2D eigenvalue weighted by atomic mass is 10.2. The molecule has 4 nitrogen and oxygen atoms in total. The molecule has 0 N–H and O–H groups in total. The number of fused-ring (bicyclic) bond motifs is 1. The molecule has 0 aliphatic heterocycles. The Kier molecular flexibility index (Phi) is 7.82. The third kappa shape index (κ3) is 6.09. The number of halogens is 2. The van der Waals surface area contributed by atoms with Crippen molar-refractivity contribution in [3.63, 3.8) is 0 Å². The van der Waals surface area contributed by atoms with Crippen molar-refractivity contribution in [2.24, 2.45) is 0 Å². The second-order valence-electron chi connectivity index (χ2n) is 7.01. The highest BCUT2D eigenvalue weighted by Gasteiger charge is 2.20. The van der Waals surface area contributed by atoms with Gasteiger partial charge in [-0.3, -0.25) is 9.69 Å². The second-order valence-corrected chi connectivity index (χ2v) is 9.94. The van der Waals surface area contributed by atoms with Gasteiger partial charge in [0.2, 0.25) is 5.91 Å². The van der Waals surface area contributed by atoms with Gasteiger partial charge in [-0.1, -0.05) is 34.5 Å². The lowest BCUT2D eigenvalue weighted by Gasteiger charge is -2.21. The smallest absolute Gasteiger partial charge is 0.239 e. The van der Waals surface area contributed by atoms with Gasteiger partial charge in [0.25, 0.3) is 0 Å². The molecule has 0 atom stereocenters. The van der Waals surface area contributed by atoms with Crippen molar-refractivity contribution >= 4 is 67.6 Å². The number of thioether (sulfide) groups is 1. The van der Waals surface area contributed by atoms with Crippen LogP contribution in [0.1, 0.15) is 12.0 Å². The highest BCUT2D eigenvalue weighted by molar-refractivity contribution is 8.00. The van der Waals surface area contributed by atoms with Crippen molar-refractivity contribution in [1.82, 2.24) is 9.88 Å². The zero-order chi connectivity index (χ0) is 21.0. The van der Waals surface area contributed by atoms with Gasteiger partial charge in [-0.25, -0.2) is 4.98 Å². The van der Waals surface area contributed by atoms with Crippen LogP contribution in [0.4, 0.5) is 5.13 Å². The molecule has 3 aromatic rings. The third-order valence-corrected chi connectivity index (χ3v) is 6.83. The van der Waals surface area contributed by atoms with Crippen LogP contribution < -0.4 is 4.90 Å². The molecule has 2 aromatic carbocycles. The molecule has 0 bridgehead atoms. The van der Waals surface area contributed by atoms with Gasteiger partial charge < -0.3 is 4.90 Å².